The molecule has 0 saturated carbocycles. The molecule has 4 aromatic rings. The number of likely N-dealkylation sites (N-methyl/N-ethyl adjacent to an activating group) is 1. The summed E-state index contributed by atoms with van der Waals surface area (Å²) in [5, 5.41) is 3.16. The van der Waals surface area contributed by atoms with Crippen LogP contribution in [0, 0.1) is 0 Å². The lowest BCUT2D eigenvalue weighted by Crippen LogP contribution is -2.27. The molecule has 0 aliphatic carbocycles. The number of rotatable bonds is 10. The zero-order chi connectivity index (χ0) is 28.9. The second-order valence-corrected chi connectivity index (χ2v) is 8.73. The Kier molecular flexibility index (Phi) is 8.84. The maximum absolute atomic E-state index is 13.6. The summed E-state index contributed by atoms with van der Waals surface area (Å²) in [5.41, 5.74) is -1.86. The number of nitrogens with one attached hydrogen (secondary N) is 1. The Labute approximate surface area is 226 Å². The second-order valence-electron chi connectivity index (χ2n) is 8.73. The van der Waals surface area contributed by atoms with Crippen LogP contribution in [-0.2, 0) is 23.7 Å². The van der Waals surface area contributed by atoms with Crippen LogP contribution >= 0.6 is 0 Å². The van der Waals surface area contributed by atoms with Crippen molar-refractivity contribution in [3.63, 3.8) is 0 Å². The summed E-state index contributed by atoms with van der Waals surface area (Å²) in [6.45, 7) is 6.77. The molecule has 4 rings (SSSR count). The van der Waals surface area contributed by atoms with Gasteiger partial charge in [-0.05, 0) is 49.5 Å². The van der Waals surface area contributed by atoms with Crippen molar-refractivity contribution in [2.75, 3.05) is 31.6 Å². The van der Waals surface area contributed by atoms with Crippen molar-refractivity contribution >= 4 is 22.5 Å². The highest BCUT2D eigenvalue weighted by atomic mass is 19.4. The Morgan fingerprint density at radius 3 is 2.35 bits per heavy atom. The van der Waals surface area contributed by atoms with Gasteiger partial charge in [0.05, 0.1) is 23.4 Å². The number of pyridine rings is 2. The first-order chi connectivity index (χ1) is 19.0. The van der Waals surface area contributed by atoms with Crippen LogP contribution in [-0.4, -0.2) is 51.1 Å². The van der Waals surface area contributed by atoms with Gasteiger partial charge in [-0.1, -0.05) is 26.0 Å². The SMILES string of the molecule is CCN(CC)CCOCc1nc(Nc2cccc(C(F)(F)F)n2)c2ccc(-c3ncccc3C(F)(F)F)cc2n1. The highest BCUT2D eigenvalue weighted by Crippen LogP contribution is 2.37. The molecule has 3 aromatic heterocycles. The molecule has 0 aliphatic heterocycles. The molecule has 0 radical (unpaired) electrons. The molecule has 0 saturated heterocycles. The van der Waals surface area contributed by atoms with Crippen LogP contribution in [0.5, 0.6) is 0 Å². The molecule has 0 atom stereocenters. The summed E-state index contributed by atoms with van der Waals surface area (Å²) < 4.78 is 86.2. The van der Waals surface area contributed by atoms with E-state index in [1.54, 1.807) is 0 Å². The summed E-state index contributed by atoms with van der Waals surface area (Å²) >= 11 is 0. The van der Waals surface area contributed by atoms with Gasteiger partial charge in [-0.2, -0.15) is 26.3 Å². The molecule has 7 nitrogen and oxygen atoms in total. The summed E-state index contributed by atoms with van der Waals surface area (Å²) in [4.78, 5) is 18.6. The summed E-state index contributed by atoms with van der Waals surface area (Å²) in [7, 11) is 0. The van der Waals surface area contributed by atoms with E-state index in [4.69, 9.17) is 4.74 Å². The third-order valence-electron chi connectivity index (χ3n) is 6.09. The molecule has 1 aromatic carbocycles. The molecule has 0 amide bonds. The number of alkyl halides is 6. The molecule has 0 bridgehead atoms. The molecule has 40 heavy (non-hydrogen) atoms. The van der Waals surface area contributed by atoms with E-state index in [0.29, 0.717) is 18.5 Å². The fourth-order valence-corrected chi connectivity index (χ4v) is 4.03. The first-order valence-electron chi connectivity index (χ1n) is 12.4. The van der Waals surface area contributed by atoms with Crippen molar-refractivity contribution in [3.8, 4) is 11.3 Å². The standard InChI is InChI=1S/C27H26F6N6O/c1-3-39(4-2)13-14-40-16-23-35-20-15-17(24-19(26(28,29)30)7-6-12-34-24)10-11-18(20)25(38-23)37-22-9-5-8-21(36-22)27(31,32)33/h5-12,15H,3-4,13-14,16H2,1-2H3,(H,35,36,37,38). The van der Waals surface area contributed by atoms with Gasteiger partial charge in [-0.15, -0.1) is 0 Å². The van der Waals surface area contributed by atoms with E-state index in [0.717, 1.165) is 25.2 Å². The molecule has 212 valence electrons. The Bertz CT molecular complexity index is 1460. The van der Waals surface area contributed by atoms with Crippen LogP contribution in [0.3, 0.4) is 0 Å². The zero-order valence-electron chi connectivity index (χ0n) is 21.6. The highest BCUT2D eigenvalue weighted by Gasteiger charge is 2.34. The van der Waals surface area contributed by atoms with Gasteiger partial charge in [-0.3, -0.25) is 4.98 Å². The summed E-state index contributed by atoms with van der Waals surface area (Å²) in [6.07, 6.45) is -8.02. The average molecular weight is 565 g/mol. The van der Waals surface area contributed by atoms with E-state index in [1.165, 1.54) is 42.6 Å². The zero-order valence-corrected chi connectivity index (χ0v) is 21.6. The van der Waals surface area contributed by atoms with Crippen LogP contribution in [0.25, 0.3) is 22.2 Å². The smallest absolute Gasteiger partial charge is 0.372 e. The monoisotopic (exact) mass is 564 g/mol. The summed E-state index contributed by atoms with van der Waals surface area (Å²) in [5.74, 6) is 0.204. The van der Waals surface area contributed by atoms with Gasteiger partial charge in [0, 0.05) is 23.7 Å². The van der Waals surface area contributed by atoms with E-state index in [2.05, 4.69) is 30.2 Å². The fourth-order valence-electron chi connectivity index (χ4n) is 4.03. The van der Waals surface area contributed by atoms with Gasteiger partial charge in [0.1, 0.15) is 23.9 Å². The largest absolute Gasteiger partial charge is 0.433 e. The van der Waals surface area contributed by atoms with Gasteiger partial charge in [0.2, 0.25) is 0 Å². The molecular formula is C27H26F6N6O. The van der Waals surface area contributed by atoms with E-state index < -0.39 is 23.6 Å². The van der Waals surface area contributed by atoms with E-state index in [9.17, 15) is 26.3 Å². The minimum absolute atomic E-state index is 0.0243. The maximum atomic E-state index is 13.6. The normalized spacial score (nSPS) is 12.3. The number of ether oxygens (including phenoxy) is 1. The minimum Gasteiger partial charge on any atom is -0.372 e. The molecule has 0 aliphatic rings. The molecule has 0 fully saturated rings. The number of benzene rings is 1. The lowest BCUT2D eigenvalue weighted by atomic mass is 10.0. The predicted octanol–water partition coefficient (Wildman–Crippen LogP) is 6.73. The van der Waals surface area contributed by atoms with Gasteiger partial charge >= 0.3 is 12.4 Å². The lowest BCUT2D eigenvalue weighted by Gasteiger charge is -2.17. The molecule has 13 heteroatoms. The van der Waals surface area contributed by atoms with Crippen LogP contribution < -0.4 is 5.32 Å². The molecule has 1 N–H and O–H groups in total. The number of halogens is 6. The van der Waals surface area contributed by atoms with Gasteiger partial charge in [-0.25, -0.2) is 15.0 Å². The Morgan fingerprint density at radius 1 is 0.875 bits per heavy atom. The second kappa shape index (κ2) is 12.1. The maximum Gasteiger partial charge on any atom is 0.433 e. The Morgan fingerprint density at radius 2 is 1.65 bits per heavy atom. The van der Waals surface area contributed by atoms with Gasteiger partial charge in [0.15, 0.2) is 5.82 Å². The average Bonchev–Trinajstić information content (AvgIpc) is 2.92. The topological polar surface area (TPSA) is 76.1 Å². The van der Waals surface area contributed by atoms with E-state index in [-0.39, 0.29) is 40.8 Å². The van der Waals surface area contributed by atoms with Crippen LogP contribution in [0.15, 0.2) is 54.7 Å². The van der Waals surface area contributed by atoms with Crippen LogP contribution in [0.4, 0.5) is 38.0 Å². The lowest BCUT2D eigenvalue weighted by molar-refractivity contribution is -0.141. The van der Waals surface area contributed by atoms with Gasteiger partial charge in [0.25, 0.3) is 0 Å². The van der Waals surface area contributed by atoms with Crippen LogP contribution in [0.1, 0.15) is 30.9 Å². The van der Waals surface area contributed by atoms with Gasteiger partial charge < -0.3 is 15.0 Å². The number of aromatic nitrogens is 4. The number of nitrogens with zero attached hydrogens (tertiary/aromatic N) is 5. The quantitative estimate of drug-likeness (QED) is 0.169. The molecule has 3 heterocycles. The third kappa shape index (κ3) is 7.02. The number of fused-ring (bicyclic) bond motifs is 1. The number of hydrogen-bond donors (Lipinski definition) is 1. The van der Waals surface area contributed by atoms with E-state index >= 15 is 0 Å². The first kappa shape index (κ1) is 29.2. The number of anilines is 2. The van der Waals surface area contributed by atoms with Crippen molar-refractivity contribution < 1.29 is 31.1 Å². The highest BCUT2D eigenvalue weighted by molar-refractivity contribution is 5.93. The Hall–Kier alpha value is -3.84. The van der Waals surface area contributed by atoms with Crippen molar-refractivity contribution in [3.05, 3.63) is 71.8 Å². The molecule has 0 spiro atoms. The molecule has 0 unspecified atom stereocenters. The van der Waals surface area contributed by atoms with Crippen molar-refractivity contribution in [1.29, 1.82) is 0 Å². The predicted molar refractivity (Wildman–Crippen MR) is 138 cm³/mol. The Balaban J connectivity index is 1.73. The van der Waals surface area contributed by atoms with Crippen molar-refractivity contribution in [2.24, 2.45) is 0 Å². The first-order valence-corrected chi connectivity index (χ1v) is 12.4. The minimum atomic E-state index is -4.65. The fraction of sp³-hybridized carbons (Fsp3) is 0.333. The summed E-state index contributed by atoms with van der Waals surface area (Å²) in [6, 6.07) is 9.88. The molecular weight excluding hydrogens is 538 g/mol. The van der Waals surface area contributed by atoms with Crippen molar-refractivity contribution in [1.82, 2.24) is 24.8 Å². The third-order valence-corrected chi connectivity index (χ3v) is 6.09. The number of hydrogen-bond acceptors (Lipinski definition) is 7. The van der Waals surface area contributed by atoms with Crippen LogP contribution in [0.2, 0.25) is 0 Å². The van der Waals surface area contributed by atoms with E-state index in [1.807, 2.05) is 13.8 Å². The van der Waals surface area contributed by atoms with Crippen molar-refractivity contribution in [2.45, 2.75) is 32.8 Å².